The minimum atomic E-state index is -1.20. The minimum Gasteiger partial charge on any atom is -0.497 e. The van der Waals surface area contributed by atoms with Gasteiger partial charge in [-0.15, -0.1) is 0 Å². The van der Waals surface area contributed by atoms with Crippen LogP contribution in [0.2, 0.25) is 0 Å². The predicted molar refractivity (Wildman–Crippen MR) is 122 cm³/mol. The summed E-state index contributed by atoms with van der Waals surface area (Å²) in [5, 5.41) is 5.52. The number of urea groups is 1. The molecule has 1 heterocycles. The second-order valence-electron chi connectivity index (χ2n) is 9.22. The number of hydrogen-bond donors (Lipinski definition) is 2. The van der Waals surface area contributed by atoms with E-state index in [0.29, 0.717) is 18.5 Å². The number of ether oxygens (including phenoxy) is 1. The average Bonchev–Trinajstić information content (AvgIpc) is 2.97. The van der Waals surface area contributed by atoms with E-state index >= 15 is 0 Å². The van der Waals surface area contributed by atoms with Crippen molar-refractivity contribution in [3.63, 3.8) is 0 Å². The first-order chi connectivity index (χ1) is 15.0. The highest BCUT2D eigenvalue weighted by Crippen LogP contribution is 2.31. The zero-order valence-corrected chi connectivity index (χ0v) is 19.3. The summed E-state index contributed by atoms with van der Waals surface area (Å²) >= 11 is 0. The molecular formula is C25H31N3O4. The second-order valence-corrected chi connectivity index (χ2v) is 9.22. The normalized spacial score (nSPS) is 18.5. The van der Waals surface area contributed by atoms with Crippen molar-refractivity contribution in [2.75, 3.05) is 20.2 Å². The van der Waals surface area contributed by atoms with Gasteiger partial charge >= 0.3 is 6.03 Å². The van der Waals surface area contributed by atoms with Gasteiger partial charge in [-0.1, -0.05) is 57.2 Å². The fourth-order valence-corrected chi connectivity index (χ4v) is 3.68. The molecule has 7 nitrogen and oxygen atoms in total. The van der Waals surface area contributed by atoms with Gasteiger partial charge in [-0.05, 0) is 47.6 Å². The predicted octanol–water partition coefficient (Wildman–Crippen LogP) is 3.12. The van der Waals surface area contributed by atoms with Gasteiger partial charge in [-0.3, -0.25) is 14.5 Å². The minimum absolute atomic E-state index is 0.0156. The van der Waals surface area contributed by atoms with Crippen LogP contribution in [0.25, 0.3) is 0 Å². The first kappa shape index (κ1) is 23.3. The van der Waals surface area contributed by atoms with E-state index < -0.39 is 17.5 Å². The van der Waals surface area contributed by atoms with Crippen molar-refractivity contribution in [3.8, 4) is 5.75 Å². The maximum absolute atomic E-state index is 13.1. The van der Waals surface area contributed by atoms with Gasteiger partial charge in [0.25, 0.3) is 5.91 Å². The Morgan fingerprint density at radius 3 is 2.25 bits per heavy atom. The van der Waals surface area contributed by atoms with Crippen molar-refractivity contribution in [1.29, 1.82) is 0 Å². The summed E-state index contributed by atoms with van der Waals surface area (Å²) < 4.78 is 5.13. The maximum Gasteiger partial charge on any atom is 0.325 e. The molecule has 4 amide bonds. The zero-order valence-electron chi connectivity index (χ0n) is 19.3. The van der Waals surface area contributed by atoms with Gasteiger partial charge < -0.3 is 15.4 Å². The molecule has 2 N–H and O–H groups in total. The molecule has 1 fully saturated rings. The monoisotopic (exact) mass is 437 g/mol. The lowest BCUT2D eigenvalue weighted by Gasteiger charge is -2.24. The van der Waals surface area contributed by atoms with Crippen molar-refractivity contribution in [2.45, 2.75) is 45.1 Å². The highest BCUT2D eigenvalue weighted by atomic mass is 16.5. The topological polar surface area (TPSA) is 87.7 Å². The molecule has 3 rings (SSSR count). The van der Waals surface area contributed by atoms with Crippen molar-refractivity contribution in [1.82, 2.24) is 15.5 Å². The van der Waals surface area contributed by atoms with Crippen LogP contribution < -0.4 is 15.4 Å². The van der Waals surface area contributed by atoms with Gasteiger partial charge in [0.2, 0.25) is 5.91 Å². The number of benzene rings is 2. The number of hydrogen-bond acceptors (Lipinski definition) is 4. The molecule has 0 radical (unpaired) electrons. The van der Waals surface area contributed by atoms with Crippen molar-refractivity contribution < 1.29 is 19.1 Å². The van der Waals surface area contributed by atoms with Crippen molar-refractivity contribution in [2.24, 2.45) is 0 Å². The average molecular weight is 438 g/mol. The summed E-state index contributed by atoms with van der Waals surface area (Å²) in [4.78, 5) is 38.9. The summed E-state index contributed by atoms with van der Waals surface area (Å²) in [6.07, 6.45) is 0.633. The van der Waals surface area contributed by atoms with Crippen LogP contribution in [0.4, 0.5) is 4.79 Å². The molecule has 32 heavy (non-hydrogen) atoms. The number of amides is 4. The molecule has 1 saturated heterocycles. The van der Waals surface area contributed by atoms with Crippen molar-refractivity contribution >= 4 is 17.8 Å². The quantitative estimate of drug-likeness (QED) is 0.652. The summed E-state index contributed by atoms with van der Waals surface area (Å²) in [5.74, 6) is -0.0434. The zero-order chi connectivity index (χ0) is 23.5. The van der Waals surface area contributed by atoms with E-state index in [2.05, 4.69) is 31.4 Å². The van der Waals surface area contributed by atoms with E-state index in [9.17, 15) is 14.4 Å². The van der Waals surface area contributed by atoms with Gasteiger partial charge in [-0.25, -0.2) is 4.79 Å². The van der Waals surface area contributed by atoms with Gasteiger partial charge in [0.1, 0.15) is 17.8 Å². The lowest BCUT2D eigenvalue weighted by molar-refractivity contribution is -0.134. The molecular weight excluding hydrogens is 406 g/mol. The molecule has 2 aromatic rings. The third-order valence-electron chi connectivity index (χ3n) is 5.80. The van der Waals surface area contributed by atoms with Crippen molar-refractivity contribution in [3.05, 3.63) is 65.2 Å². The first-order valence-corrected chi connectivity index (χ1v) is 10.7. The highest BCUT2D eigenvalue weighted by molar-refractivity contribution is 6.09. The van der Waals surface area contributed by atoms with Gasteiger partial charge in [0.15, 0.2) is 0 Å². The molecule has 2 aromatic carbocycles. The fourth-order valence-electron chi connectivity index (χ4n) is 3.68. The summed E-state index contributed by atoms with van der Waals surface area (Å²) in [6.45, 7) is 8.09. The lowest BCUT2D eigenvalue weighted by atomic mass is 9.84. The Labute approximate surface area is 189 Å². The van der Waals surface area contributed by atoms with E-state index in [-0.39, 0.29) is 17.9 Å². The standard InChI is InChI=1S/C25H31N3O4/c1-24(2,3)18-8-10-19(11-9-18)25(4)22(30)28(23(31)27-25)16-21(29)26-15-14-17-6-12-20(32-5)13-7-17/h6-13H,14-16H2,1-5H3,(H,26,29)(H,27,31)/t25-/m0/s1. The molecule has 1 aliphatic rings. The molecule has 0 spiro atoms. The number of carbonyl (C=O) groups excluding carboxylic acids is 3. The number of methoxy groups -OCH3 is 1. The van der Waals surface area contributed by atoms with Gasteiger partial charge in [0, 0.05) is 6.54 Å². The van der Waals surface area contributed by atoms with E-state index in [1.807, 2.05) is 48.5 Å². The van der Waals surface area contributed by atoms with Crippen LogP contribution in [-0.4, -0.2) is 42.9 Å². The molecule has 1 atom stereocenters. The Morgan fingerprint density at radius 1 is 1.06 bits per heavy atom. The lowest BCUT2D eigenvalue weighted by Crippen LogP contribution is -2.43. The summed E-state index contributed by atoms with van der Waals surface area (Å²) in [6, 6.07) is 14.7. The van der Waals surface area contributed by atoms with E-state index in [1.165, 1.54) is 0 Å². The summed E-state index contributed by atoms with van der Waals surface area (Å²) in [7, 11) is 1.61. The third kappa shape index (κ3) is 4.93. The third-order valence-corrected chi connectivity index (χ3v) is 5.80. The SMILES string of the molecule is COc1ccc(CCNC(=O)CN2C(=O)N[C@@](C)(c3ccc(C(C)(C)C)cc3)C2=O)cc1. The highest BCUT2D eigenvalue weighted by Gasteiger charge is 2.49. The molecule has 0 saturated carbocycles. The van der Waals surface area contributed by atoms with Gasteiger partial charge in [-0.2, -0.15) is 0 Å². The molecule has 170 valence electrons. The Bertz CT molecular complexity index is 993. The molecule has 0 aromatic heterocycles. The number of rotatable bonds is 7. The molecule has 0 bridgehead atoms. The molecule has 1 aliphatic heterocycles. The number of imide groups is 1. The number of carbonyl (C=O) groups is 3. The maximum atomic E-state index is 13.1. The Morgan fingerprint density at radius 2 is 1.69 bits per heavy atom. The summed E-state index contributed by atoms with van der Waals surface area (Å²) in [5.41, 5.74) is 1.66. The Balaban J connectivity index is 1.59. The Kier molecular flexibility index (Phi) is 6.57. The largest absolute Gasteiger partial charge is 0.497 e. The molecule has 7 heteroatoms. The van der Waals surface area contributed by atoms with Crippen LogP contribution in [0.15, 0.2) is 48.5 Å². The van der Waals surface area contributed by atoms with Crippen LogP contribution in [0, 0.1) is 0 Å². The molecule has 0 aliphatic carbocycles. The number of nitrogens with one attached hydrogen (secondary N) is 2. The van der Waals surface area contributed by atoms with Crippen LogP contribution in [-0.2, 0) is 27.0 Å². The van der Waals surface area contributed by atoms with Gasteiger partial charge in [0.05, 0.1) is 7.11 Å². The molecule has 0 unspecified atom stereocenters. The first-order valence-electron chi connectivity index (χ1n) is 10.7. The Hall–Kier alpha value is -3.35. The van der Waals surface area contributed by atoms with Crippen LogP contribution >= 0.6 is 0 Å². The van der Waals surface area contributed by atoms with Crippen LogP contribution in [0.5, 0.6) is 5.75 Å². The van der Waals surface area contributed by atoms with E-state index in [0.717, 1.165) is 21.8 Å². The van der Waals surface area contributed by atoms with Crippen LogP contribution in [0.3, 0.4) is 0 Å². The van der Waals surface area contributed by atoms with E-state index in [4.69, 9.17) is 4.74 Å². The van der Waals surface area contributed by atoms with Crippen LogP contribution in [0.1, 0.15) is 44.4 Å². The second kappa shape index (κ2) is 9.02. The smallest absolute Gasteiger partial charge is 0.325 e. The van der Waals surface area contributed by atoms with E-state index in [1.54, 1.807) is 14.0 Å². The fraction of sp³-hybridized carbons (Fsp3) is 0.400. The number of nitrogens with zero attached hydrogens (tertiary/aromatic N) is 1.